The van der Waals surface area contributed by atoms with Crippen molar-refractivity contribution in [3.8, 4) is 6.07 Å². The van der Waals surface area contributed by atoms with Crippen molar-refractivity contribution in [3.05, 3.63) is 23.8 Å². The lowest BCUT2D eigenvalue weighted by atomic mass is 10.0. The van der Waals surface area contributed by atoms with Crippen LogP contribution in [0.5, 0.6) is 0 Å². The summed E-state index contributed by atoms with van der Waals surface area (Å²) in [5.41, 5.74) is 6.96. The number of amides is 1. The van der Waals surface area contributed by atoms with Crippen molar-refractivity contribution in [1.29, 1.82) is 5.26 Å². The second-order valence-electron chi connectivity index (χ2n) is 4.38. The minimum absolute atomic E-state index is 0.0793. The lowest BCUT2D eigenvalue weighted by molar-refractivity contribution is -0.121. The Hall–Kier alpha value is -2.06. The molecule has 1 aromatic carbocycles. The molecule has 2 rings (SSSR count). The minimum Gasteiger partial charge on any atom is -0.399 e. The molecule has 0 spiro atoms. The minimum atomic E-state index is -0.158. The number of benzene rings is 1. The van der Waals surface area contributed by atoms with E-state index in [0.717, 1.165) is 0 Å². The van der Waals surface area contributed by atoms with Gasteiger partial charge in [-0.2, -0.15) is 5.26 Å². The summed E-state index contributed by atoms with van der Waals surface area (Å²) in [7, 11) is 0. The molecule has 3 N–H and O–H groups in total. The average Bonchev–Trinajstić information content (AvgIpc) is 2.77. The van der Waals surface area contributed by atoms with Crippen molar-refractivity contribution < 1.29 is 9.53 Å². The Labute approximate surface area is 106 Å². The van der Waals surface area contributed by atoms with Gasteiger partial charge in [0.25, 0.3) is 0 Å². The van der Waals surface area contributed by atoms with Crippen molar-refractivity contribution in [1.82, 2.24) is 0 Å². The van der Waals surface area contributed by atoms with Gasteiger partial charge in [-0.3, -0.25) is 4.79 Å². The molecular weight excluding hydrogens is 230 g/mol. The summed E-state index contributed by atoms with van der Waals surface area (Å²) in [6.45, 7) is 2.48. The van der Waals surface area contributed by atoms with E-state index in [-0.39, 0.29) is 17.9 Å². The smallest absolute Gasteiger partial charge is 0.230 e. The predicted molar refractivity (Wildman–Crippen MR) is 67.7 cm³/mol. The largest absolute Gasteiger partial charge is 0.399 e. The summed E-state index contributed by atoms with van der Waals surface area (Å²) >= 11 is 0. The molecule has 94 valence electrons. The number of ether oxygens (including phenoxy) is 1. The number of carbonyl (C=O) groups is 1. The third-order valence-electron chi connectivity index (χ3n) is 3.13. The Bertz CT molecular complexity index is 507. The first-order valence-electron chi connectivity index (χ1n) is 5.84. The van der Waals surface area contributed by atoms with Gasteiger partial charge in [-0.1, -0.05) is 0 Å². The molecule has 0 saturated carbocycles. The molecule has 1 heterocycles. The van der Waals surface area contributed by atoms with Crippen LogP contribution in [-0.4, -0.2) is 18.6 Å². The number of nitrogen functional groups attached to an aromatic ring is 1. The molecule has 1 aromatic rings. The average molecular weight is 245 g/mol. The van der Waals surface area contributed by atoms with Crippen LogP contribution in [0.25, 0.3) is 0 Å². The normalized spacial score (nSPS) is 22.4. The molecule has 5 nitrogen and oxygen atoms in total. The molecule has 1 aliphatic rings. The first kappa shape index (κ1) is 12.4. The summed E-state index contributed by atoms with van der Waals surface area (Å²) in [5, 5.41) is 11.8. The van der Waals surface area contributed by atoms with E-state index in [0.29, 0.717) is 30.0 Å². The topological polar surface area (TPSA) is 88.1 Å². The fourth-order valence-electron chi connectivity index (χ4n) is 2.06. The zero-order valence-electron chi connectivity index (χ0n) is 10.1. The predicted octanol–water partition coefficient (Wildman–Crippen LogP) is 1.50. The fourth-order valence-corrected chi connectivity index (χ4v) is 2.06. The Morgan fingerprint density at radius 2 is 2.39 bits per heavy atom. The van der Waals surface area contributed by atoms with Crippen molar-refractivity contribution in [2.75, 3.05) is 17.7 Å². The number of rotatable bonds is 2. The van der Waals surface area contributed by atoms with Crippen LogP contribution in [-0.2, 0) is 9.53 Å². The van der Waals surface area contributed by atoms with Crippen molar-refractivity contribution in [2.24, 2.45) is 5.92 Å². The molecule has 2 unspecified atom stereocenters. The van der Waals surface area contributed by atoms with Gasteiger partial charge in [0, 0.05) is 12.3 Å². The summed E-state index contributed by atoms with van der Waals surface area (Å²) in [5.74, 6) is -0.268. The van der Waals surface area contributed by atoms with E-state index in [1.165, 1.54) is 0 Å². The van der Waals surface area contributed by atoms with Gasteiger partial charge in [-0.25, -0.2) is 0 Å². The lowest BCUT2D eigenvalue weighted by Crippen LogP contribution is -2.28. The third kappa shape index (κ3) is 2.44. The van der Waals surface area contributed by atoms with E-state index in [4.69, 9.17) is 15.7 Å². The van der Waals surface area contributed by atoms with Gasteiger partial charge in [0.15, 0.2) is 0 Å². The number of nitrogens with zero attached hydrogens (tertiary/aromatic N) is 1. The highest BCUT2D eigenvalue weighted by Gasteiger charge is 2.30. The Morgan fingerprint density at radius 1 is 1.61 bits per heavy atom. The van der Waals surface area contributed by atoms with Crippen LogP contribution in [0.3, 0.4) is 0 Å². The maximum atomic E-state index is 12.0. The molecule has 1 fully saturated rings. The van der Waals surface area contributed by atoms with Crippen LogP contribution in [0.4, 0.5) is 11.4 Å². The third-order valence-corrected chi connectivity index (χ3v) is 3.13. The lowest BCUT2D eigenvalue weighted by Gasteiger charge is -2.14. The van der Waals surface area contributed by atoms with E-state index in [9.17, 15) is 4.79 Å². The van der Waals surface area contributed by atoms with E-state index >= 15 is 0 Å². The first-order valence-corrected chi connectivity index (χ1v) is 5.84. The van der Waals surface area contributed by atoms with Gasteiger partial charge in [0.05, 0.1) is 23.3 Å². The zero-order chi connectivity index (χ0) is 13.1. The summed E-state index contributed by atoms with van der Waals surface area (Å²) in [6, 6.07) is 6.87. The van der Waals surface area contributed by atoms with Crippen LogP contribution in [0, 0.1) is 17.2 Å². The molecule has 2 atom stereocenters. The number of nitrogens with two attached hydrogens (primary N) is 1. The van der Waals surface area contributed by atoms with Crippen LogP contribution < -0.4 is 11.1 Å². The monoisotopic (exact) mass is 245 g/mol. The molecule has 18 heavy (non-hydrogen) atoms. The van der Waals surface area contributed by atoms with Crippen LogP contribution in [0.2, 0.25) is 0 Å². The van der Waals surface area contributed by atoms with E-state index in [1.807, 2.05) is 13.0 Å². The van der Waals surface area contributed by atoms with Crippen LogP contribution >= 0.6 is 0 Å². The second kappa shape index (κ2) is 5.07. The Kier molecular flexibility index (Phi) is 3.49. The highest BCUT2D eigenvalue weighted by atomic mass is 16.5. The number of nitrogens with one attached hydrogen (secondary N) is 1. The van der Waals surface area contributed by atoms with Crippen LogP contribution in [0.1, 0.15) is 18.9 Å². The quantitative estimate of drug-likeness (QED) is 0.773. The van der Waals surface area contributed by atoms with E-state index in [1.54, 1.807) is 18.2 Å². The molecule has 1 amide bonds. The zero-order valence-corrected chi connectivity index (χ0v) is 10.1. The molecule has 5 heteroatoms. The Balaban J connectivity index is 2.14. The highest BCUT2D eigenvalue weighted by Crippen LogP contribution is 2.24. The maximum absolute atomic E-state index is 12.0. The van der Waals surface area contributed by atoms with Gasteiger partial charge >= 0.3 is 0 Å². The number of hydrogen-bond donors (Lipinski definition) is 2. The molecule has 1 aliphatic heterocycles. The maximum Gasteiger partial charge on any atom is 0.230 e. The molecule has 1 saturated heterocycles. The fraction of sp³-hybridized carbons (Fsp3) is 0.385. The van der Waals surface area contributed by atoms with Crippen molar-refractivity contribution >= 4 is 17.3 Å². The number of nitriles is 1. The molecule has 0 aliphatic carbocycles. The first-order chi connectivity index (χ1) is 8.61. The van der Waals surface area contributed by atoms with Gasteiger partial charge in [0.1, 0.15) is 6.07 Å². The number of anilines is 2. The molecule has 0 bridgehead atoms. The van der Waals surface area contributed by atoms with Gasteiger partial charge < -0.3 is 15.8 Å². The Morgan fingerprint density at radius 3 is 3.00 bits per heavy atom. The van der Waals surface area contributed by atoms with Gasteiger partial charge in [0.2, 0.25) is 5.91 Å². The SMILES string of the molecule is CC1OCCC1C(=O)Nc1ccc(N)cc1C#N. The van der Waals surface area contributed by atoms with Crippen molar-refractivity contribution in [3.63, 3.8) is 0 Å². The van der Waals surface area contributed by atoms with Gasteiger partial charge in [-0.15, -0.1) is 0 Å². The molecule has 0 aromatic heterocycles. The van der Waals surface area contributed by atoms with Crippen molar-refractivity contribution in [2.45, 2.75) is 19.4 Å². The number of carbonyl (C=O) groups excluding carboxylic acids is 1. The standard InChI is InChI=1S/C13H15N3O2/c1-8-11(4-5-18-8)13(17)16-12-3-2-10(15)6-9(12)7-14/h2-3,6,8,11H,4-5,15H2,1H3,(H,16,17). The summed E-state index contributed by atoms with van der Waals surface area (Å²) in [6.07, 6.45) is 0.633. The molecular formula is C13H15N3O2. The number of hydrogen-bond acceptors (Lipinski definition) is 4. The summed E-state index contributed by atoms with van der Waals surface area (Å²) in [4.78, 5) is 12.0. The van der Waals surface area contributed by atoms with E-state index < -0.39 is 0 Å². The van der Waals surface area contributed by atoms with E-state index in [2.05, 4.69) is 5.32 Å². The second-order valence-corrected chi connectivity index (χ2v) is 4.38. The molecule has 0 radical (unpaired) electrons. The highest BCUT2D eigenvalue weighted by molar-refractivity contribution is 5.94. The van der Waals surface area contributed by atoms with Gasteiger partial charge in [-0.05, 0) is 31.5 Å². The van der Waals surface area contributed by atoms with Crippen LogP contribution in [0.15, 0.2) is 18.2 Å². The summed E-state index contributed by atoms with van der Waals surface area (Å²) < 4.78 is 5.35.